The van der Waals surface area contributed by atoms with Gasteiger partial charge in [0.25, 0.3) is 10.0 Å². The van der Waals surface area contributed by atoms with E-state index in [1.807, 2.05) is 38.1 Å². The van der Waals surface area contributed by atoms with Gasteiger partial charge in [-0.05, 0) is 12.1 Å². The lowest BCUT2D eigenvalue weighted by Crippen LogP contribution is -2.35. The summed E-state index contributed by atoms with van der Waals surface area (Å²) >= 11 is 1.68. The van der Waals surface area contributed by atoms with Gasteiger partial charge < -0.3 is 4.98 Å². The van der Waals surface area contributed by atoms with Crippen molar-refractivity contribution in [2.75, 3.05) is 16.6 Å². The van der Waals surface area contributed by atoms with Gasteiger partial charge in [-0.15, -0.1) is 11.8 Å². The maximum absolute atomic E-state index is 12.8. The Kier molecular flexibility index (Phi) is 3.71. The third kappa shape index (κ3) is 2.55. The lowest BCUT2D eigenvalue weighted by molar-refractivity contribution is 0.587. The first-order chi connectivity index (χ1) is 10.00. The van der Waals surface area contributed by atoms with Crippen molar-refractivity contribution < 1.29 is 8.42 Å². The molecule has 0 radical (unpaired) electrons. The fourth-order valence-corrected chi connectivity index (χ4v) is 4.83. The van der Waals surface area contributed by atoms with Gasteiger partial charge in [-0.25, -0.2) is 4.98 Å². The first-order valence-electron chi connectivity index (χ1n) is 6.79. The molecule has 0 spiro atoms. The zero-order valence-corrected chi connectivity index (χ0v) is 13.5. The highest BCUT2D eigenvalue weighted by Crippen LogP contribution is 2.37. The summed E-state index contributed by atoms with van der Waals surface area (Å²) in [6.07, 6.45) is 1.41. The summed E-state index contributed by atoms with van der Waals surface area (Å²) in [6, 6.07) is 7.59. The number of aromatic nitrogens is 2. The van der Waals surface area contributed by atoms with Crippen molar-refractivity contribution in [1.82, 2.24) is 9.97 Å². The van der Waals surface area contributed by atoms with E-state index < -0.39 is 10.0 Å². The number of imidazole rings is 1. The number of anilines is 1. The molecule has 7 heteroatoms. The van der Waals surface area contributed by atoms with E-state index >= 15 is 0 Å². The molecule has 1 aromatic carbocycles. The number of para-hydroxylation sites is 1. The van der Waals surface area contributed by atoms with Crippen LogP contribution in [0.5, 0.6) is 0 Å². The summed E-state index contributed by atoms with van der Waals surface area (Å²) in [5.41, 5.74) is 0.745. The molecule has 21 heavy (non-hydrogen) atoms. The van der Waals surface area contributed by atoms with Crippen LogP contribution >= 0.6 is 11.8 Å². The predicted octanol–water partition coefficient (Wildman–Crippen LogP) is 2.83. The highest BCUT2D eigenvalue weighted by molar-refractivity contribution is 8.00. The van der Waals surface area contributed by atoms with Crippen LogP contribution in [0.4, 0.5) is 5.69 Å². The molecule has 5 nitrogen and oxygen atoms in total. The summed E-state index contributed by atoms with van der Waals surface area (Å²) < 4.78 is 27.1. The highest BCUT2D eigenvalue weighted by atomic mass is 32.2. The number of fused-ring (bicyclic) bond motifs is 1. The molecule has 0 saturated carbocycles. The SMILES string of the molecule is CC(C)c1ncc(S(=O)(=O)N2CCSc3ccccc32)[nH]1. The zero-order chi connectivity index (χ0) is 15.0. The molecule has 0 atom stereocenters. The normalized spacial score (nSPS) is 15.3. The second-order valence-electron chi connectivity index (χ2n) is 5.18. The summed E-state index contributed by atoms with van der Waals surface area (Å²) in [5, 5.41) is 0.160. The number of hydrogen-bond donors (Lipinski definition) is 1. The molecule has 0 saturated heterocycles. The molecule has 112 valence electrons. The minimum absolute atomic E-state index is 0.160. The van der Waals surface area contributed by atoms with Gasteiger partial charge in [-0.1, -0.05) is 26.0 Å². The van der Waals surface area contributed by atoms with Crippen LogP contribution in [0.1, 0.15) is 25.6 Å². The minimum atomic E-state index is -3.59. The van der Waals surface area contributed by atoms with Crippen LogP contribution in [-0.2, 0) is 10.0 Å². The number of H-pyrrole nitrogens is 1. The Labute approximate surface area is 128 Å². The first-order valence-corrected chi connectivity index (χ1v) is 9.22. The third-order valence-corrected chi connectivity index (χ3v) is 6.14. The standard InChI is InChI=1S/C14H17N3O2S2/c1-10(2)14-15-9-13(16-14)21(18,19)17-7-8-20-12-6-4-3-5-11(12)17/h3-6,9-10H,7-8H2,1-2H3,(H,15,16). The van der Waals surface area contributed by atoms with E-state index in [2.05, 4.69) is 9.97 Å². The first kappa shape index (κ1) is 14.5. The molecule has 1 N–H and O–H groups in total. The summed E-state index contributed by atoms with van der Waals surface area (Å²) in [4.78, 5) is 8.10. The fourth-order valence-electron chi connectivity index (χ4n) is 2.26. The molecule has 2 heterocycles. The van der Waals surface area contributed by atoms with E-state index in [1.54, 1.807) is 11.8 Å². The zero-order valence-electron chi connectivity index (χ0n) is 11.9. The fraction of sp³-hybridized carbons (Fsp3) is 0.357. The van der Waals surface area contributed by atoms with Gasteiger partial charge in [-0.3, -0.25) is 4.31 Å². The Hall–Kier alpha value is -1.47. The molecule has 2 aromatic rings. The van der Waals surface area contributed by atoms with Crippen molar-refractivity contribution in [3.63, 3.8) is 0 Å². The van der Waals surface area contributed by atoms with Gasteiger partial charge in [0.05, 0.1) is 11.9 Å². The van der Waals surface area contributed by atoms with Gasteiger partial charge in [0.1, 0.15) is 5.82 Å². The predicted molar refractivity (Wildman–Crippen MR) is 84.4 cm³/mol. The smallest absolute Gasteiger partial charge is 0.281 e. The molecule has 0 fully saturated rings. The van der Waals surface area contributed by atoms with Gasteiger partial charge in [0.2, 0.25) is 0 Å². The molecule has 3 rings (SSSR count). The van der Waals surface area contributed by atoms with Crippen molar-refractivity contribution >= 4 is 27.5 Å². The molecule has 0 aliphatic carbocycles. The number of nitrogens with zero attached hydrogens (tertiary/aromatic N) is 2. The Morgan fingerprint density at radius 2 is 2.10 bits per heavy atom. The van der Waals surface area contributed by atoms with Crippen LogP contribution < -0.4 is 4.31 Å². The van der Waals surface area contributed by atoms with E-state index in [9.17, 15) is 8.42 Å². The van der Waals surface area contributed by atoms with Crippen molar-refractivity contribution in [1.29, 1.82) is 0 Å². The summed E-state index contributed by atoms with van der Waals surface area (Å²) in [7, 11) is -3.59. The molecule has 1 aromatic heterocycles. The third-order valence-electron chi connectivity index (χ3n) is 3.37. The van der Waals surface area contributed by atoms with Crippen LogP contribution in [0.15, 0.2) is 40.4 Å². The van der Waals surface area contributed by atoms with Gasteiger partial charge in [0.15, 0.2) is 5.03 Å². The Morgan fingerprint density at radius 3 is 2.81 bits per heavy atom. The monoisotopic (exact) mass is 323 g/mol. The van der Waals surface area contributed by atoms with Crippen LogP contribution in [0.2, 0.25) is 0 Å². The van der Waals surface area contributed by atoms with Crippen molar-refractivity contribution in [3.05, 3.63) is 36.3 Å². The van der Waals surface area contributed by atoms with Crippen LogP contribution in [0.25, 0.3) is 0 Å². The molecule has 1 aliphatic heterocycles. The number of benzene rings is 1. The maximum Gasteiger partial charge on any atom is 0.281 e. The average Bonchev–Trinajstić information content (AvgIpc) is 2.97. The molecular weight excluding hydrogens is 306 g/mol. The van der Waals surface area contributed by atoms with Gasteiger partial charge in [-0.2, -0.15) is 8.42 Å². The Balaban J connectivity index is 2.03. The van der Waals surface area contributed by atoms with E-state index in [4.69, 9.17) is 0 Å². The van der Waals surface area contributed by atoms with E-state index in [0.717, 1.165) is 16.3 Å². The number of sulfonamides is 1. The number of thioether (sulfide) groups is 1. The second kappa shape index (κ2) is 5.38. The Bertz CT molecular complexity index is 753. The molecule has 0 amide bonds. The quantitative estimate of drug-likeness (QED) is 0.943. The van der Waals surface area contributed by atoms with Gasteiger partial charge >= 0.3 is 0 Å². The highest BCUT2D eigenvalue weighted by Gasteiger charge is 2.30. The Morgan fingerprint density at radius 1 is 1.33 bits per heavy atom. The van der Waals surface area contributed by atoms with Crippen molar-refractivity contribution in [2.45, 2.75) is 29.7 Å². The van der Waals surface area contributed by atoms with Crippen molar-refractivity contribution in [2.24, 2.45) is 0 Å². The van der Waals surface area contributed by atoms with E-state index in [0.29, 0.717) is 12.4 Å². The second-order valence-corrected chi connectivity index (χ2v) is 8.15. The van der Waals surface area contributed by atoms with E-state index in [1.165, 1.54) is 10.5 Å². The number of hydrogen-bond acceptors (Lipinski definition) is 4. The largest absolute Gasteiger partial charge is 0.331 e. The van der Waals surface area contributed by atoms with E-state index in [-0.39, 0.29) is 10.9 Å². The van der Waals surface area contributed by atoms with Crippen LogP contribution in [0, 0.1) is 0 Å². The number of nitrogens with one attached hydrogen (secondary N) is 1. The maximum atomic E-state index is 12.8. The van der Waals surface area contributed by atoms with Crippen molar-refractivity contribution in [3.8, 4) is 0 Å². The lowest BCUT2D eigenvalue weighted by Gasteiger charge is -2.29. The van der Waals surface area contributed by atoms with Crippen LogP contribution in [-0.4, -0.2) is 30.7 Å². The molecule has 0 unspecified atom stereocenters. The molecular formula is C14H17N3O2S2. The molecule has 1 aliphatic rings. The number of rotatable bonds is 3. The van der Waals surface area contributed by atoms with Crippen LogP contribution in [0.3, 0.4) is 0 Å². The average molecular weight is 323 g/mol. The minimum Gasteiger partial charge on any atom is -0.331 e. The number of aromatic amines is 1. The van der Waals surface area contributed by atoms with Gasteiger partial charge in [0, 0.05) is 23.1 Å². The summed E-state index contributed by atoms with van der Waals surface area (Å²) in [6.45, 7) is 4.42. The lowest BCUT2D eigenvalue weighted by atomic mass is 10.2. The topological polar surface area (TPSA) is 66.1 Å². The summed E-state index contributed by atoms with van der Waals surface area (Å²) in [5.74, 6) is 1.60. The molecule has 0 bridgehead atoms.